The Morgan fingerprint density at radius 1 is 1.28 bits per heavy atom. The maximum Gasteiger partial charge on any atom is 0.179 e. The summed E-state index contributed by atoms with van der Waals surface area (Å²) in [5, 5.41) is 0. The van der Waals surface area contributed by atoms with Crippen molar-refractivity contribution in [1.29, 1.82) is 0 Å². The molecule has 0 saturated carbocycles. The van der Waals surface area contributed by atoms with Gasteiger partial charge in [-0.3, -0.25) is 0 Å². The van der Waals surface area contributed by atoms with Crippen LogP contribution in [-0.2, 0) is 26.5 Å². The molecule has 1 fully saturated rings. The fraction of sp³-hybridized carbons (Fsp3) is 0.667. The van der Waals surface area contributed by atoms with Crippen LogP contribution in [0, 0.1) is 5.92 Å². The minimum absolute atomic E-state index is 0.0646. The van der Waals surface area contributed by atoms with Gasteiger partial charge in [0.25, 0.3) is 0 Å². The van der Waals surface area contributed by atoms with Crippen molar-refractivity contribution in [3.05, 3.63) is 18.1 Å². The van der Waals surface area contributed by atoms with Gasteiger partial charge in [0.15, 0.2) is 15.5 Å². The average Bonchev–Trinajstić information content (AvgIpc) is 2.94. The molecular formula is C18H27N3O3S. The molecule has 2 aromatic heterocycles. The van der Waals surface area contributed by atoms with Crippen molar-refractivity contribution in [2.24, 2.45) is 5.92 Å². The van der Waals surface area contributed by atoms with Gasteiger partial charge in [0, 0.05) is 31.4 Å². The molecule has 2 aromatic rings. The molecule has 3 heterocycles. The quantitative estimate of drug-likeness (QED) is 0.833. The summed E-state index contributed by atoms with van der Waals surface area (Å²) in [6.07, 6.45) is 3.53. The topological polar surface area (TPSA) is 74.1 Å². The summed E-state index contributed by atoms with van der Waals surface area (Å²) >= 11 is 0. The molecular weight excluding hydrogens is 338 g/mol. The van der Waals surface area contributed by atoms with Crippen LogP contribution in [0.2, 0.25) is 0 Å². The number of aromatic nitrogens is 3. The number of hydrogen-bond acceptors (Lipinski definition) is 5. The first kappa shape index (κ1) is 18.3. The average molecular weight is 365 g/mol. The highest BCUT2D eigenvalue weighted by Crippen LogP contribution is 2.29. The van der Waals surface area contributed by atoms with Crippen LogP contribution in [0.5, 0.6) is 0 Å². The molecule has 0 spiro atoms. The fourth-order valence-corrected chi connectivity index (χ4v) is 4.10. The van der Waals surface area contributed by atoms with Crippen LogP contribution in [0.25, 0.3) is 11.2 Å². The minimum Gasteiger partial charge on any atom is -0.381 e. The van der Waals surface area contributed by atoms with Gasteiger partial charge < -0.3 is 9.30 Å². The highest BCUT2D eigenvalue weighted by Gasteiger charge is 2.26. The summed E-state index contributed by atoms with van der Waals surface area (Å²) in [6.45, 7) is 10.5. The Morgan fingerprint density at radius 2 is 1.96 bits per heavy atom. The van der Waals surface area contributed by atoms with Crippen LogP contribution in [0.1, 0.15) is 46.4 Å². The molecule has 1 aliphatic rings. The smallest absolute Gasteiger partial charge is 0.179 e. The van der Waals surface area contributed by atoms with Gasteiger partial charge in [-0.1, -0.05) is 27.7 Å². The van der Waals surface area contributed by atoms with Crippen LogP contribution in [-0.4, -0.2) is 41.9 Å². The third kappa shape index (κ3) is 3.72. The summed E-state index contributed by atoms with van der Waals surface area (Å²) < 4.78 is 32.0. The normalized spacial score (nSPS) is 17.3. The maximum absolute atomic E-state index is 12.2. The molecule has 0 unspecified atom stereocenters. The van der Waals surface area contributed by atoms with Gasteiger partial charge in [-0.15, -0.1) is 0 Å². The first-order valence-corrected chi connectivity index (χ1v) is 10.5. The predicted octanol–water partition coefficient (Wildman–Crippen LogP) is 2.95. The first-order chi connectivity index (χ1) is 11.7. The van der Waals surface area contributed by atoms with E-state index < -0.39 is 9.84 Å². The highest BCUT2D eigenvalue weighted by atomic mass is 32.2. The van der Waals surface area contributed by atoms with E-state index in [1.165, 1.54) is 6.20 Å². The third-order valence-electron chi connectivity index (χ3n) is 4.75. The van der Waals surface area contributed by atoms with Gasteiger partial charge in [0.2, 0.25) is 0 Å². The summed E-state index contributed by atoms with van der Waals surface area (Å²) in [5.41, 5.74) is 1.29. The van der Waals surface area contributed by atoms with E-state index in [1.54, 1.807) is 13.0 Å². The van der Waals surface area contributed by atoms with Gasteiger partial charge >= 0.3 is 0 Å². The van der Waals surface area contributed by atoms with E-state index in [0.717, 1.165) is 44.1 Å². The standard InChI is InChI=1S/C18H27N3O3S/c1-5-25(22,23)14-10-15-16(19-11-14)21(17(20-15)18(2,3)4)12-13-6-8-24-9-7-13/h10-11,13H,5-9,12H2,1-4H3. The number of nitrogens with zero attached hydrogens (tertiary/aromatic N) is 3. The lowest BCUT2D eigenvalue weighted by molar-refractivity contribution is 0.0611. The van der Waals surface area contributed by atoms with E-state index in [-0.39, 0.29) is 16.1 Å². The monoisotopic (exact) mass is 365 g/mol. The minimum atomic E-state index is -3.28. The Labute approximate surface area is 149 Å². The lowest BCUT2D eigenvalue weighted by Gasteiger charge is -2.26. The number of sulfone groups is 1. The molecule has 0 radical (unpaired) electrons. The molecule has 6 nitrogen and oxygen atoms in total. The Hall–Kier alpha value is -1.47. The van der Waals surface area contributed by atoms with E-state index in [2.05, 4.69) is 30.3 Å². The summed E-state index contributed by atoms with van der Waals surface area (Å²) in [6, 6.07) is 1.66. The number of hydrogen-bond donors (Lipinski definition) is 0. The van der Waals surface area contributed by atoms with Gasteiger partial charge in [0.1, 0.15) is 11.3 Å². The Kier molecular flexibility index (Phi) is 4.90. The molecule has 1 aliphatic heterocycles. The second-order valence-electron chi connectivity index (χ2n) is 7.77. The van der Waals surface area contributed by atoms with Crippen LogP contribution in [0.15, 0.2) is 17.2 Å². The van der Waals surface area contributed by atoms with E-state index >= 15 is 0 Å². The van der Waals surface area contributed by atoms with Crippen molar-refractivity contribution in [3.8, 4) is 0 Å². The van der Waals surface area contributed by atoms with Crippen molar-refractivity contribution >= 4 is 21.0 Å². The zero-order valence-corrected chi connectivity index (χ0v) is 16.3. The number of rotatable bonds is 4. The van der Waals surface area contributed by atoms with E-state index in [9.17, 15) is 8.42 Å². The fourth-order valence-electron chi connectivity index (χ4n) is 3.26. The number of ether oxygens (including phenoxy) is 1. The van der Waals surface area contributed by atoms with E-state index in [4.69, 9.17) is 9.72 Å². The van der Waals surface area contributed by atoms with E-state index in [0.29, 0.717) is 11.4 Å². The molecule has 3 rings (SSSR count). The van der Waals surface area contributed by atoms with Gasteiger partial charge in [-0.2, -0.15) is 0 Å². The zero-order valence-electron chi connectivity index (χ0n) is 15.4. The molecule has 0 amide bonds. The van der Waals surface area contributed by atoms with Crippen LogP contribution in [0.4, 0.5) is 0 Å². The van der Waals surface area contributed by atoms with Gasteiger partial charge in [-0.25, -0.2) is 18.4 Å². The Balaban J connectivity index is 2.09. The predicted molar refractivity (Wildman–Crippen MR) is 97.5 cm³/mol. The molecule has 0 atom stereocenters. The highest BCUT2D eigenvalue weighted by molar-refractivity contribution is 7.91. The molecule has 138 valence electrons. The van der Waals surface area contributed by atoms with Crippen molar-refractivity contribution in [3.63, 3.8) is 0 Å². The Morgan fingerprint density at radius 3 is 2.56 bits per heavy atom. The van der Waals surface area contributed by atoms with Crippen molar-refractivity contribution in [2.45, 2.75) is 57.4 Å². The SMILES string of the molecule is CCS(=O)(=O)c1cnc2c(c1)nc(C(C)(C)C)n2CC1CCOCC1. The molecule has 25 heavy (non-hydrogen) atoms. The van der Waals surface area contributed by atoms with Crippen LogP contribution < -0.4 is 0 Å². The molecule has 0 bridgehead atoms. The Bertz CT molecular complexity index is 860. The number of imidazole rings is 1. The molecule has 0 N–H and O–H groups in total. The molecule has 0 aliphatic carbocycles. The van der Waals surface area contributed by atoms with Crippen molar-refractivity contribution < 1.29 is 13.2 Å². The lowest BCUT2D eigenvalue weighted by Crippen LogP contribution is -2.25. The van der Waals surface area contributed by atoms with Crippen LogP contribution in [0.3, 0.4) is 0 Å². The second kappa shape index (κ2) is 6.68. The summed E-state index contributed by atoms with van der Waals surface area (Å²) in [5.74, 6) is 1.55. The van der Waals surface area contributed by atoms with Crippen LogP contribution >= 0.6 is 0 Å². The first-order valence-electron chi connectivity index (χ1n) is 8.89. The third-order valence-corrected chi connectivity index (χ3v) is 6.45. The number of fused-ring (bicyclic) bond motifs is 1. The largest absolute Gasteiger partial charge is 0.381 e. The summed E-state index contributed by atoms with van der Waals surface area (Å²) in [7, 11) is -3.28. The maximum atomic E-state index is 12.2. The number of pyridine rings is 1. The van der Waals surface area contributed by atoms with Gasteiger partial charge in [-0.05, 0) is 24.8 Å². The zero-order chi connectivity index (χ0) is 18.2. The molecule has 7 heteroatoms. The second-order valence-corrected chi connectivity index (χ2v) is 10.0. The van der Waals surface area contributed by atoms with Crippen molar-refractivity contribution in [2.75, 3.05) is 19.0 Å². The van der Waals surface area contributed by atoms with Crippen molar-refractivity contribution in [1.82, 2.24) is 14.5 Å². The summed E-state index contributed by atoms with van der Waals surface area (Å²) in [4.78, 5) is 9.50. The van der Waals surface area contributed by atoms with Gasteiger partial charge in [0.05, 0.1) is 10.6 Å². The lowest BCUT2D eigenvalue weighted by atomic mass is 9.94. The molecule has 0 aromatic carbocycles. The van der Waals surface area contributed by atoms with E-state index in [1.807, 2.05) is 0 Å². The molecule has 1 saturated heterocycles.